The number of pyridine rings is 1. The molecule has 0 saturated carbocycles. The van der Waals surface area contributed by atoms with Crippen molar-refractivity contribution in [3.8, 4) is 0 Å². The molecule has 7 nitrogen and oxygen atoms in total. The number of amides is 2. The Morgan fingerprint density at radius 1 is 1.20 bits per heavy atom. The van der Waals surface area contributed by atoms with Crippen LogP contribution in [0.5, 0.6) is 0 Å². The van der Waals surface area contributed by atoms with E-state index in [1.807, 2.05) is 6.92 Å². The van der Waals surface area contributed by atoms with Gasteiger partial charge in [-0.2, -0.15) is 0 Å². The number of hydrogen-bond donors (Lipinski definition) is 3. The van der Waals surface area contributed by atoms with Gasteiger partial charge in [-0.05, 0) is 24.1 Å². The fourth-order valence-corrected chi connectivity index (χ4v) is 2.17. The molecule has 0 fully saturated rings. The summed E-state index contributed by atoms with van der Waals surface area (Å²) in [6.07, 6.45) is 3.95. The van der Waals surface area contributed by atoms with Gasteiger partial charge < -0.3 is 17.2 Å². The normalized spacial score (nSPS) is 13.9. The molecule has 0 radical (unpaired) electrons. The average molecular weight is 279 g/mol. The van der Waals surface area contributed by atoms with E-state index in [9.17, 15) is 9.59 Å². The molecule has 2 atom stereocenters. The van der Waals surface area contributed by atoms with Crippen LogP contribution in [0, 0.1) is 0 Å². The Morgan fingerprint density at radius 2 is 1.70 bits per heavy atom. The van der Waals surface area contributed by atoms with E-state index in [0.717, 1.165) is 5.56 Å². The molecule has 0 aliphatic carbocycles. The van der Waals surface area contributed by atoms with E-state index in [4.69, 9.17) is 17.2 Å². The van der Waals surface area contributed by atoms with Gasteiger partial charge in [0.05, 0.1) is 19.1 Å². The maximum absolute atomic E-state index is 11.2. The van der Waals surface area contributed by atoms with Gasteiger partial charge >= 0.3 is 0 Å². The Morgan fingerprint density at radius 3 is 2.10 bits per heavy atom. The summed E-state index contributed by atoms with van der Waals surface area (Å²) in [5.41, 5.74) is 17.5. The lowest BCUT2D eigenvalue weighted by Crippen LogP contribution is -2.47. The van der Waals surface area contributed by atoms with Crippen molar-refractivity contribution in [2.24, 2.45) is 17.2 Å². The van der Waals surface area contributed by atoms with Gasteiger partial charge in [-0.1, -0.05) is 6.92 Å². The van der Waals surface area contributed by atoms with Gasteiger partial charge in [0, 0.05) is 18.4 Å². The molecule has 0 aliphatic heterocycles. The zero-order valence-corrected chi connectivity index (χ0v) is 11.5. The van der Waals surface area contributed by atoms with Crippen molar-refractivity contribution < 1.29 is 9.59 Å². The molecule has 0 aromatic carbocycles. The molecule has 0 spiro atoms. The van der Waals surface area contributed by atoms with Gasteiger partial charge in [-0.15, -0.1) is 0 Å². The second kappa shape index (κ2) is 7.56. The van der Waals surface area contributed by atoms with Crippen molar-refractivity contribution in [1.82, 2.24) is 9.88 Å². The third-order valence-corrected chi connectivity index (χ3v) is 3.04. The molecule has 0 aliphatic rings. The van der Waals surface area contributed by atoms with Gasteiger partial charge in [-0.3, -0.25) is 19.5 Å². The van der Waals surface area contributed by atoms with Crippen molar-refractivity contribution in [2.75, 3.05) is 13.1 Å². The van der Waals surface area contributed by atoms with Crippen LogP contribution in [0.15, 0.2) is 24.5 Å². The first kappa shape index (κ1) is 16.1. The minimum atomic E-state index is -0.534. The average Bonchev–Trinajstić information content (AvgIpc) is 2.38. The van der Waals surface area contributed by atoms with Gasteiger partial charge in [0.25, 0.3) is 0 Å². The number of nitrogens with two attached hydrogens (primary N) is 3. The highest BCUT2D eigenvalue weighted by atomic mass is 16.2. The lowest BCUT2D eigenvalue weighted by molar-refractivity contribution is -0.123. The molecule has 20 heavy (non-hydrogen) atoms. The third kappa shape index (κ3) is 4.60. The molecular formula is C13H21N5O2. The van der Waals surface area contributed by atoms with Crippen LogP contribution in [-0.4, -0.2) is 40.8 Å². The van der Waals surface area contributed by atoms with Crippen LogP contribution < -0.4 is 17.2 Å². The summed E-state index contributed by atoms with van der Waals surface area (Å²) in [5.74, 6) is -1.07. The summed E-state index contributed by atoms with van der Waals surface area (Å²) in [6.45, 7) is 1.78. The van der Waals surface area contributed by atoms with Gasteiger partial charge in [0.2, 0.25) is 11.8 Å². The highest BCUT2D eigenvalue weighted by molar-refractivity contribution is 5.79. The minimum absolute atomic E-state index is 0.0797. The molecule has 1 heterocycles. The first-order chi connectivity index (χ1) is 9.45. The molecule has 0 saturated heterocycles. The van der Waals surface area contributed by atoms with Crippen LogP contribution in [0.4, 0.5) is 0 Å². The molecule has 1 rings (SSSR count). The fraction of sp³-hybridized carbons (Fsp3) is 0.462. The molecule has 7 heteroatoms. The van der Waals surface area contributed by atoms with E-state index < -0.39 is 11.8 Å². The Kier molecular flexibility index (Phi) is 6.08. The summed E-state index contributed by atoms with van der Waals surface area (Å²) < 4.78 is 0. The number of nitrogens with zero attached hydrogens (tertiary/aromatic N) is 2. The molecule has 1 aromatic rings. The largest absolute Gasteiger partial charge is 0.369 e. The van der Waals surface area contributed by atoms with Crippen LogP contribution in [0.1, 0.15) is 24.9 Å². The van der Waals surface area contributed by atoms with Crippen molar-refractivity contribution in [3.63, 3.8) is 0 Å². The number of rotatable bonds is 8. The molecule has 0 bridgehead atoms. The molecule has 1 aromatic heterocycles. The number of aromatic nitrogens is 1. The summed E-state index contributed by atoms with van der Waals surface area (Å²) in [5, 5.41) is 0. The van der Waals surface area contributed by atoms with Crippen molar-refractivity contribution in [3.05, 3.63) is 30.1 Å². The third-order valence-electron chi connectivity index (χ3n) is 3.04. The summed E-state index contributed by atoms with van der Waals surface area (Å²) in [4.78, 5) is 28.0. The first-order valence-electron chi connectivity index (χ1n) is 6.41. The van der Waals surface area contributed by atoms with Crippen LogP contribution in [0.2, 0.25) is 0 Å². The molecule has 110 valence electrons. The zero-order valence-electron chi connectivity index (χ0n) is 11.5. The maximum atomic E-state index is 11.2. The van der Waals surface area contributed by atoms with E-state index in [-0.39, 0.29) is 25.2 Å². The Hall–Kier alpha value is -1.99. The van der Waals surface area contributed by atoms with Crippen molar-refractivity contribution in [1.29, 1.82) is 0 Å². The Bertz CT molecular complexity index is 435. The summed E-state index contributed by atoms with van der Waals surface area (Å²) in [6, 6.07) is 3.03. The second-order valence-corrected chi connectivity index (χ2v) is 4.64. The SMILES string of the molecule is CCC(N)C(c1ccncc1)N(CC(N)=O)CC(N)=O. The molecule has 2 amide bonds. The Balaban J connectivity index is 3.10. The Labute approximate surface area is 118 Å². The quantitative estimate of drug-likeness (QED) is 0.570. The van der Waals surface area contributed by atoms with Crippen LogP contribution in [0.25, 0.3) is 0 Å². The fourth-order valence-electron chi connectivity index (χ4n) is 2.17. The van der Waals surface area contributed by atoms with Crippen LogP contribution >= 0.6 is 0 Å². The first-order valence-corrected chi connectivity index (χ1v) is 6.41. The van der Waals surface area contributed by atoms with E-state index in [2.05, 4.69) is 4.98 Å². The summed E-state index contributed by atoms with van der Waals surface area (Å²) in [7, 11) is 0. The minimum Gasteiger partial charge on any atom is -0.369 e. The highest BCUT2D eigenvalue weighted by Gasteiger charge is 2.27. The second-order valence-electron chi connectivity index (χ2n) is 4.64. The van der Waals surface area contributed by atoms with Crippen LogP contribution in [-0.2, 0) is 9.59 Å². The zero-order chi connectivity index (χ0) is 15.1. The molecule has 2 unspecified atom stereocenters. The number of carbonyl (C=O) groups is 2. The molecular weight excluding hydrogens is 258 g/mol. The van der Waals surface area contributed by atoms with E-state index >= 15 is 0 Å². The van der Waals surface area contributed by atoms with Gasteiger partial charge in [-0.25, -0.2) is 0 Å². The van der Waals surface area contributed by atoms with Crippen molar-refractivity contribution in [2.45, 2.75) is 25.4 Å². The molecule has 6 N–H and O–H groups in total. The van der Waals surface area contributed by atoms with Crippen LogP contribution in [0.3, 0.4) is 0 Å². The highest BCUT2D eigenvalue weighted by Crippen LogP contribution is 2.24. The van der Waals surface area contributed by atoms with Gasteiger partial charge in [0.15, 0.2) is 0 Å². The summed E-state index contributed by atoms with van der Waals surface area (Å²) >= 11 is 0. The predicted octanol–water partition coefficient (Wildman–Crippen LogP) is -0.867. The lowest BCUT2D eigenvalue weighted by Gasteiger charge is -2.34. The smallest absolute Gasteiger partial charge is 0.231 e. The number of hydrogen-bond acceptors (Lipinski definition) is 5. The monoisotopic (exact) mass is 279 g/mol. The number of primary amides is 2. The maximum Gasteiger partial charge on any atom is 0.231 e. The van der Waals surface area contributed by atoms with E-state index in [1.165, 1.54) is 0 Å². The topological polar surface area (TPSA) is 128 Å². The van der Waals surface area contributed by atoms with Gasteiger partial charge in [0.1, 0.15) is 0 Å². The van der Waals surface area contributed by atoms with Crippen molar-refractivity contribution >= 4 is 11.8 Å². The number of carbonyl (C=O) groups excluding carboxylic acids is 2. The van der Waals surface area contributed by atoms with E-state index in [0.29, 0.717) is 6.42 Å². The van der Waals surface area contributed by atoms with E-state index in [1.54, 1.807) is 29.4 Å². The predicted molar refractivity (Wildman–Crippen MR) is 75.2 cm³/mol. The lowest BCUT2D eigenvalue weighted by atomic mass is 9.97. The standard InChI is InChI=1S/C13H21N5O2/c1-2-10(14)13(9-3-5-17-6-4-9)18(7-11(15)19)8-12(16)20/h3-6,10,13H,2,7-8,14H2,1H3,(H2,15,19)(H2,16,20).